The van der Waals surface area contributed by atoms with Crippen molar-refractivity contribution in [3.05, 3.63) is 47.3 Å². The molecular weight excluding hydrogens is 365 g/mol. The zero-order valence-electron chi connectivity index (χ0n) is 13.6. The second kappa shape index (κ2) is 7.25. The lowest BCUT2D eigenvalue weighted by Crippen LogP contribution is -2.19. The number of benzene rings is 1. The van der Waals surface area contributed by atoms with E-state index in [1.807, 2.05) is 0 Å². The molecule has 0 amide bonds. The molecule has 0 atom stereocenters. The number of nitriles is 1. The van der Waals surface area contributed by atoms with E-state index in [9.17, 15) is 13.2 Å². The molecule has 1 N–H and O–H groups in total. The van der Waals surface area contributed by atoms with Gasteiger partial charge in [0.2, 0.25) is 0 Å². The molecule has 0 aliphatic carbocycles. The van der Waals surface area contributed by atoms with Crippen molar-refractivity contribution in [2.24, 2.45) is 0 Å². The van der Waals surface area contributed by atoms with Gasteiger partial charge in [0, 0.05) is 17.5 Å². The number of imidazole rings is 1. The number of ether oxygens (including phenoxy) is 1. The van der Waals surface area contributed by atoms with E-state index in [2.05, 4.69) is 21.0 Å². The predicted molar refractivity (Wildman–Crippen MR) is 90.9 cm³/mol. The van der Waals surface area contributed by atoms with Gasteiger partial charge in [-0.25, -0.2) is 4.98 Å². The zero-order valence-corrected chi connectivity index (χ0v) is 14.4. The third-order valence-corrected chi connectivity index (χ3v) is 4.47. The minimum atomic E-state index is -4.39. The fraction of sp³-hybridized carbons (Fsp3) is 0.235. The monoisotopic (exact) mass is 378 g/mol. The fourth-order valence-electron chi connectivity index (χ4n) is 2.28. The van der Waals surface area contributed by atoms with Gasteiger partial charge in [0.05, 0.1) is 28.4 Å². The summed E-state index contributed by atoms with van der Waals surface area (Å²) in [5, 5.41) is 9.56. The highest BCUT2D eigenvalue weighted by Gasteiger charge is 2.28. The molecule has 0 fully saturated rings. The minimum Gasteiger partial charge on any atom is -0.484 e. The highest BCUT2D eigenvalue weighted by molar-refractivity contribution is 7.98. The van der Waals surface area contributed by atoms with Gasteiger partial charge in [0.25, 0.3) is 0 Å². The quantitative estimate of drug-likeness (QED) is 0.667. The summed E-state index contributed by atoms with van der Waals surface area (Å²) < 4.78 is 41.8. The van der Waals surface area contributed by atoms with Gasteiger partial charge >= 0.3 is 6.18 Å². The second-order valence-electron chi connectivity index (χ2n) is 5.46. The molecule has 0 aliphatic heterocycles. The van der Waals surface area contributed by atoms with Crippen molar-refractivity contribution < 1.29 is 17.9 Å². The number of aromatic nitrogens is 3. The Bertz CT molecular complexity index is 978. The molecule has 0 saturated carbocycles. The first-order valence-electron chi connectivity index (χ1n) is 7.52. The molecule has 2 heterocycles. The van der Waals surface area contributed by atoms with Gasteiger partial charge in [0.1, 0.15) is 5.75 Å². The predicted octanol–water partition coefficient (Wildman–Crippen LogP) is 4.37. The summed E-state index contributed by atoms with van der Waals surface area (Å²) in [7, 11) is 0. The Morgan fingerprint density at radius 2 is 2.12 bits per heavy atom. The van der Waals surface area contributed by atoms with Crippen molar-refractivity contribution in [2.75, 3.05) is 6.61 Å². The molecule has 0 spiro atoms. The van der Waals surface area contributed by atoms with E-state index >= 15 is 0 Å². The Kier molecular flexibility index (Phi) is 5.04. The third kappa shape index (κ3) is 4.26. The fourth-order valence-corrected chi connectivity index (χ4v) is 3.19. The van der Waals surface area contributed by atoms with E-state index in [-0.39, 0.29) is 5.75 Å². The smallest absolute Gasteiger partial charge is 0.422 e. The molecule has 2 aromatic heterocycles. The Hall–Kier alpha value is -2.73. The summed E-state index contributed by atoms with van der Waals surface area (Å²) in [6, 6.07) is 8.63. The Balaban J connectivity index is 1.72. The van der Waals surface area contributed by atoms with Crippen LogP contribution in [0.1, 0.15) is 16.8 Å². The average molecular weight is 378 g/mol. The maximum absolute atomic E-state index is 12.3. The van der Waals surface area contributed by atoms with Crippen molar-refractivity contribution >= 4 is 22.8 Å². The van der Waals surface area contributed by atoms with E-state index in [1.54, 1.807) is 25.1 Å². The number of nitrogens with one attached hydrogen (secondary N) is 1. The van der Waals surface area contributed by atoms with Gasteiger partial charge < -0.3 is 9.72 Å². The van der Waals surface area contributed by atoms with Gasteiger partial charge in [-0.3, -0.25) is 4.98 Å². The first-order chi connectivity index (χ1) is 12.4. The lowest BCUT2D eigenvalue weighted by molar-refractivity contribution is -0.153. The molecule has 5 nitrogen and oxygen atoms in total. The standard InChI is InChI=1S/C17H13F3N4OS/c1-10-14(22-5-4-15(10)25-9-17(18,19)20)8-26-16-23-12-3-2-11(7-21)6-13(12)24-16/h2-6H,8-9H2,1H3,(H,23,24). The molecule has 26 heavy (non-hydrogen) atoms. The van der Waals surface area contributed by atoms with Gasteiger partial charge in [-0.2, -0.15) is 18.4 Å². The number of alkyl halides is 3. The van der Waals surface area contributed by atoms with Crippen LogP contribution in [0.3, 0.4) is 0 Å². The number of hydrogen-bond acceptors (Lipinski definition) is 5. The maximum atomic E-state index is 12.3. The van der Waals surface area contributed by atoms with E-state index in [0.29, 0.717) is 27.7 Å². The van der Waals surface area contributed by atoms with Crippen LogP contribution in [0.2, 0.25) is 0 Å². The SMILES string of the molecule is Cc1c(OCC(F)(F)F)ccnc1CSc1nc2ccc(C#N)cc2[nH]1. The Morgan fingerprint density at radius 1 is 1.31 bits per heavy atom. The molecule has 0 saturated heterocycles. The van der Waals surface area contributed by atoms with Gasteiger partial charge in [-0.15, -0.1) is 0 Å². The third-order valence-electron chi connectivity index (χ3n) is 3.58. The molecule has 9 heteroatoms. The van der Waals surface area contributed by atoms with Crippen molar-refractivity contribution in [1.29, 1.82) is 5.26 Å². The van der Waals surface area contributed by atoms with Gasteiger partial charge in [0.15, 0.2) is 11.8 Å². The number of rotatable bonds is 5. The lowest BCUT2D eigenvalue weighted by Gasteiger charge is -2.13. The lowest BCUT2D eigenvalue weighted by atomic mass is 10.2. The maximum Gasteiger partial charge on any atom is 0.422 e. The summed E-state index contributed by atoms with van der Waals surface area (Å²) in [5.41, 5.74) is 3.20. The van der Waals surface area contributed by atoms with Crippen LogP contribution in [0.4, 0.5) is 13.2 Å². The molecule has 0 unspecified atom stereocenters. The van der Waals surface area contributed by atoms with Crippen molar-refractivity contribution in [2.45, 2.75) is 24.0 Å². The van der Waals surface area contributed by atoms with Crippen molar-refractivity contribution in [3.8, 4) is 11.8 Å². The van der Waals surface area contributed by atoms with Crippen LogP contribution in [0.5, 0.6) is 5.75 Å². The minimum absolute atomic E-state index is 0.163. The summed E-state index contributed by atoms with van der Waals surface area (Å²) in [6.07, 6.45) is -2.96. The van der Waals surface area contributed by atoms with Gasteiger partial charge in [-0.1, -0.05) is 11.8 Å². The zero-order chi connectivity index (χ0) is 18.7. The van der Waals surface area contributed by atoms with Crippen molar-refractivity contribution in [3.63, 3.8) is 0 Å². The number of H-pyrrole nitrogens is 1. The normalized spacial score (nSPS) is 11.5. The highest BCUT2D eigenvalue weighted by Crippen LogP contribution is 2.28. The van der Waals surface area contributed by atoms with Crippen LogP contribution < -0.4 is 4.74 Å². The van der Waals surface area contributed by atoms with Crippen LogP contribution in [-0.2, 0) is 5.75 Å². The van der Waals surface area contributed by atoms with E-state index < -0.39 is 12.8 Å². The molecule has 134 valence electrons. The van der Waals surface area contributed by atoms with Crippen LogP contribution in [0, 0.1) is 18.3 Å². The topological polar surface area (TPSA) is 74.6 Å². The first-order valence-corrected chi connectivity index (χ1v) is 8.51. The molecule has 0 aliphatic rings. The van der Waals surface area contributed by atoms with Crippen LogP contribution in [-0.4, -0.2) is 27.7 Å². The van der Waals surface area contributed by atoms with E-state index in [0.717, 1.165) is 11.0 Å². The summed E-state index contributed by atoms with van der Waals surface area (Å²) in [6.45, 7) is 0.335. The number of pyridine rings is 1. The van der Waals surface area contributed by atoms with Crippen LogP contribution in [0.15, 0.2) is 35.6 Å². The average Bonchev–Trinajstić information content (AvgIpc) is 3.00. The summed E-state index contributed by atoms with van der Waals surface area (Å²) in [4.78, 5) is 11.7. The van der Waals surface area contributed by atoms with Gasteiger partial charge in [-0.05, 0) is 31.2 Å². The van der Waals surface area contributed by atoms with E-state index in [1.165, 1.54) is 24.0 Å². The van der Waals surface area contributed by atoms with Crippen LogP contribution in [0.25, 0.3) is 11.0 Å². The number of fused-ring (bicyclic) bond motifs is 1. The molecule has 1 aromatic carbocycles. The van der Waals surface area contributed by atoms with E-state index in [4.69, 9.17) is 10.00 Å². The number of thioether (sulfide) groups is 1. The highest BCUT2D eigenvalue weighted by atomic mass is 32.2. The Labute approximate surface area is 151 Å². The number of halogens is 3. The first kappa shape index (κ1) is 18.1. The molecule has 3 aromatic rings. The number of hydrogen-bond donors (Lipinski definition) is 1. The van der Waals surface area contributed by atoms with Crippen molar-refractivity contribution in [1.82, 2.24) is 15.0 Å². The van der Waals surface area contributed by atoms with Crippen LogP contribution >= 0.6 is 11.8 Å². The molecule has 0 radical (unpaired) electrons. The number of aromatic amines is 1. The molecular formula is C17H13F3N4OS. The summed E-state index contributed by atoms with van der Waals surface area (Å²) >= 11 is 1.37. The summed E-state index contributed by atoms with van der Waals surface area (Å²) in [5.74, 6) is 0.580. The molecule has 3 rings (SSSR count). The second-order valence-corrected chi connectivity index (χ2v) is 6.42. The Morgan fingerprint density at radius 3 is 2.85 bits per heavy atom. The molecule has 0 bridgehead atoms. The number of nitrogens with zero attached hydrogens (tertiary/aromatic N) is 3. The largest absolute Gasteiger partial charge is 0.484 e.